The van der Waals surface area contributed by atoms with E-state index < -0.39 is 10.0 Å². The molecule has 2 atom stereocenters. The Morgan fingerprint density at radius 2 is 2.00 bits per heavy atom. The molecule has 1 aliphatic heterocycles. The van der Waals surface area contributed by atoms with Crippen LogP contribution in [0.25, 0.3) is 11.0 Å². The molecule has 1 aliphatic rings. The maximum absolute atomic E-state index is 12.6. The fourth-order valence-electron chi connectivity index (χ4n) is 3.28. The SMILES string of the molecule is CCn1c(SCC(=O)N2CC(C)OC(C)C2)nc2cc(S(N)(=O)=O)ccc21. The number of sulfonamides is 1. The minimum Gasteiger partial charge on any atom is -0.372 e. The Morgan fingerprint density at radius 1 is 1.33 bits per heavy atom. The molecule has 1 amide bonds. The van der Waals surface area contributed by atoms with E-state index in [2.05, 4.69) is 4.98 Å². The minimum atomic E-state index is -3.78. The van der Waals surface area contributed by atoms with Gasteiger partial charge in [0.05, 0.1) is 33.9 Å². The van der Waals surface area contributed by atoms with Crippen molar-refractivity contribution in [3.8, 4) is 0 Å². The number of rotatable bonds is 5. The highest BCUT2D eigenvalue weighted by Crippen LogP contribution is 2.26. The average molecular weight is 413 g/mol. The molecule has 0 aliphatic carbocycles. The number of fused-ring (bicyclic) bond motifs is 1. The van der Waals surface area contributed by atoms with Gasteiger partial charge in [0.1, 0.15) is 0 Å². The predicted octanol–water partition coefficient (Wildman–Crippen LogP) is 1.43. The lowest BCUT2D eigenvalue weighted by Gasteiger charge is -2.35. The molecule has 1 aromatic heterocycles. The number of nitrogens with zero attached hydrogens (tertiary/aromatic N) is 3. The lowest BCUT2D eigenvalue weighted by Crippen LogP contribution is -2.48. The van der Waals surface area contributed by atoms with Gasteiger partial charge in [0, 0.05) is 19.6 Å². The van der Waals surface area contributed by atoms with E-state index in [9.17, 15) is 13.2 Å². The largest absolute Gasteiger partial charge is 0.372 e. The van der Waals surface area contributed by atoms with Crippen LogP contribution in [-0.4, -0.2) is 59.8 Å². The lowest BCUT2D eigenvalue weighted by molar-refractivity contribution is -0.140. The Kier molecular flexibility index (Phi) is 5.80. The maximum Gasteiger partial charge on any atom is 0.238 e. The van der Waals surface area contributed by atoms with Crippen LogP contribution in [0.1, 0.15) is 20.8 Å². The van der Waals surface area contributed by atoms with Crippen LogP contribution < -0.4 is 5.14 Å². The Labute approximate surface area is 163 Å². The van der Waals surface area contributed by atoms with Crippen molar-refractivity contribution >= 4 is 38.7 Å². The molecular formula is C17H24N4O4S2. The minimum absolute atomic E-state index is 0.0274. The molecule has 1 saturated heterocycles. The van der Waals surface area contributed by atoms with Crippen molar-refractivity contribution in [3.63, 3.8) is 0 Å². The number of hydrogen-bond donors (Lipinski definition) is 1. The number of imidazole rings is 1. The van der Waals surface area contributed by atoms with Gasteiger partial charge >= 0.3 is 0 Å². The number of ether oxygens (including phenoxy) is 1. The number of carbonyl (C=O) groups excluding carboxylic acids is 1. The molecule has 0 saturated carbocycles. The van der Waals surface area contributed by atoms with E-state index in [1.54, 1.807) is 6.07 Å². The van der Waals surface area contributed by atoms with E-state index in [0.29, 0.717) is 30.3 Å². The highest BCUT2D eigenvalue weighted by molar-refractivity contribution is 7.99. The summed E-state index contributed by atoms with van der Waals surface area (Å²) in [6.07, 6.45) is 0.0547. The van der Waals surface area contributed by atoms with Gasteiger partial charge in [-0.25, -0.2) is 18.5 Å². The van der Waals surface area contributed by atoms with Crippen molar-refractivity contribution in [1.82, 2.24) is 14.5 Å². The van der Waals surface area contributed by atoms with Crippen LogP contribution in [0.3, 0.4) is 0 Å². The second-order valence-corrected chi connectivity index (χ2v) is 9.18. The number of primary sulfonamides is 1. The third kappa shape index (κ3) is 4.45. The first-order valence-corrected chi connectivity index (χ1v) is 11.3. The maximum atomic E-state index is 12.6. The summed E-state index contributed by atoms with van der Waals surface area (Å²) in [5.74, 6) is 0.312. The summed E-state index contributed by atoms with van der Waals surface area (Å²) < 4.78 is 30.7. The molecule has 2 N–H and O–H groups in total. The molecule has 2 unspecified atom stereocenters. The summed E-state index contributed by atoms with van der Waals surface area (Å²) in [4.78, 5) is 18.9. The Bertz CT molecular complexity index is 947. The van der Waals surface area contributed by atoms with Gasteiger partial charge < -0.3 is 14.2 Å². The van der Waals surface area contributed by atoms with E-state index in [4.69, 9.17) is 9.88 Å². The van der Waals surface area contributed by atoms with Crippen LogP contribution in [0.5, 0.6) is 0 Å². The Balaban J connectivity index is 1.79. The third-order valence-corrected chi connectivity index (χ3v) is 6.30. The molecule has 1 fully saturated rings. The Morgan fingerprint density at radius 3 is 2.59 bits per heavy atom. The number of amides is 1. The first kappa shape index (κ1) is 20.1. The number of aromatic nitrogens is 2. The van der Waals surface area contributed by atoms with Gasteiger partial charge in [-0.1, -0.05) is 11.8 Å². The van der Waals surface area contributed by atoms with Crippen molar-refractivity contribution in [2.24, 2.45) is 5.14 Å². The van der Waals surface area contributed by atoms with E-state index >= 15 is 0 Å². The second kappa shape index (κ2) is 7.78. The zero-order valence-corrected chi connectivity index (χ0v) is 17.2. The summed E-state index contributed by atoms with van der Waals surface area (Å²) in [6.45, 7) is 7.74. The number of aryl methyl sites for hydroxylation is 1. The van der Waals surface area contributed by atoms with Crippen LogP contribution in [0, 0.1) is 0 Å². The van der Waals surface area contributed by atoms with E-state index in [1.807, 2.05) is 30.2 Å². The number of benzene rings is 1. The van der Waals surface area contributed by atoms with E-state index in [0.717, 1.165) is 5.52 Å². The topological polar surface area (TPSA) is 108 Å². The zero-order valence-electron chi connectivity index (χ0n) is 15.6. The quantitative estimate of drug-likeness (QED) is 0.745. The molecule has 2 aromatic rings. The van der Waals surface area contributed by atoms with E-state index in [-0.39, 0.29) is 28.8 Å². The number of nitrogens with two attached hydrogens (primary N) is 1. The summed E-state index contributed by atoms with van der Waals surface area (Å²) in [5.41, 5.74) is 1.36. The highest BCUT2D eigenvalue weighted by Gasteiger charge is 2.26. The van der Waals surface area contributed by atoms with Crippen LogP contribution >= 0.6 is 11.8 Å². The second-order valence-electron chi connectivity index (χ2n) is 6.68. The molecule has 8 nitrogen and oxygen atoms in total. The van der Waals surface area contributed by atoms with Gasteiger partial charge in [-0.15, -0.1) is 0 Å². The van der Waals surface area contributed by atoms with Crippen molar-refractivity contribution in [2.45, 2.75) is 49.6 Å². The normalized spacial score (nSPS) is 21.0. The summed E-state index contributed by atoms with van der Waals surface area (Å²) in [7, 11) is -3.78. The summed E-state index contributed by atoms with van der Waals surface area (Å²) >= 11 is 1.35. The lowest BCUT2D eigenvalue weighted by atomic mass is 10.2. The standard InChI is InChI=1S/C17H24N4O4S2/c1-4-21-15-6-5-13(27(18,23)24)7-14(15)19-17(21)26-10-16(22)20-8-11(2)25-12(3)9-20/h5-7,11-12H,4,8-10H2,1-3H3,(H2,18,23,24). The van der Waals surface area contributed by atoms with Gasteiger partial charge in [0.25, 0.3) is 0 Å². The number of morpholine rings is 1. The molecule has 2 heterocycles. The Hall–Kier alpha value is -1.62. The smallest absolute Gasteiger partial charge is 0.238 e. The van der Waals surface area contributed by atoms with E-state index in [1.165, 1.54) is 23.9 Å². The monoisotopic (exact) mass is 412 g/mol. The molecule has 27 heavy (non-hydrogen) atoms. The number of thioether (sulfide) groups is 1. The fourth-order valence-corrected chi connectivity index (χ4v) is 4.79. The number of carbonyl (C=O) groups is 1. The third-order valence-electron chi connectivity index (χ3n) is 4.43. The molecular weight excluding hydrogens is 388 g/mol. The number of hydrogen-bond acceptors (Lipinski definition) is 6. The average Bonchev–Trinajstić information content (AvgIpc) is 2.94. The summed E-state index contributed by atoms with van der Waals surface area (Å²) in [6, 6.07) is 4.64. The molecule has 3 rings (SSSR count). The van der Waals surface area contributed by atoms with Crippen molar-refractivity contribution in [2.75, 3.05) is 18.8 Å². The van der Waals surface area contributed by atoms with Crippen LogP contribution in [-0.2, 0) is 26.1 Å². The van der Waals surface area contributed by atoms with Gasteiger partial charge in [0.15, 0.2) is 5.16 Å². The van der Waals surface area contributed by atoms with Gasteiger partial charge in [-0.05, 0) is 39.0 Å². The van der Waals surface area contributed by atoms with Crippen LogP contribution in [0.15, 0.2) is 28.3 Å². The molecule has 10 heteroatoms. The van der Waals surface area contributed by atoms with Crippen molar-refractivity contribution in [3.05, 3.63) is 18.2 Å². The first-order valence-electron chi connectivity index (χ1n) is 8.78. The van der Waals surface area contributed by atoms with Gasteiger partial charge in [0.2, 0.25) is 15.9 Å². The first-order chi connectivity index (χ1) is 12.7. The van der Waals surface area contributed by atoms with Crippen LogP contribution in [0.2, 0.25) is 0 Å². The zero-order chi connectivity index (χ0) is 19.8. The molecule has 1 aromatic carbocycles. The van der Waals surface area contributed by atoms with Crippen molar-refractivity contribution < 1.29 is 17.9 Å². The van der Waals surface area contributed by atoms with Gasteiger partial charge in [-0.3, -0.25) is 4.79 Å². The molecule has 0 spiro atoms. The van der Waals surface area contributed by atoms with Gasteiger partial charge in [-0.2, -0.15) is 0 Å². The van der Waals surface area contributed by atoms with Crippen LogP contribution in [0.4, 0.5) is 0 Å². The summed E-state index contributed by atoms with van der Waals surface area (Å²) in [5, 5.41) is 5.88. The highest BCUT2D eigenvalue weighted by atomic mass is 32.2. The van der Waals surface area contributed by atoms with Crippen molar-refractivity contribution in [1.29, 1.82) is 0 Å². The predicted molar refractivity (Wildman–Crippen MR) is 104 cm³/mol. The molecule has 0 bridgehead atoms. The molecule has 0 radical (unpaired) electrons. The molecule has 148 valence electrons. The fraction of sp³-hybridized carbons (Fsp3) is 0.529.